The van der Waals surface area contributed by atoms with Gasteiger partial charge >= 0.3 is 0 Å². The van der Waals surface area contributed by atoms with Gasteiger partial charge in [0.15, 0.2) is 11.5 Å². The number of carbonyl (C=O) groups excluding carboxylic acids is 1. The molecule has 1 aliphatic heterocycles. The number of morpholine rings is 1. The van der Waals surface area contributed by atoms with Gasteiger partial charge in [0.25, 0.3) is 0 Å². The third-order valence-corrected chi connectivity index (χ3v) is 5.12. The molecule has 2 heterocycles. The molecule has 2 aromatic rings. The first-order valence-electron chi connectivity index (χ1n) is 9.29. The lowest BCUT2D eigenvalue weighted by molar-refractivity contribution is -0.150. The standard InChI is InChI=1S/C20H27N3O5/c1-22-15(8-9-21-22)5-7-19(25)23-10-11-28-18(13-24)20(23)14-4-6-16(26-2)17(12-14)27-3/h4,6,8-9,12,18,20,24H,5,7,10-11,13H2,1-3H3/t18-,20-/m1/s1. The Morgan fingerprint density at radius 3 is 2.71 bits per heavy atom. The van der Waals surface area contributed by atoms with Crippen LogP contribution in [0.5, 0.6) is 11.5 Å². The van der Waals surface area contributed by atoms with Gasteiger partial charge < -0.3 is 24.2 Å². The van der Waals surface area contributed by atoms with Gasteiger partial charge in [-0.05, 0) is 30.2 Å². The topological polar surface area (TPSA) is 86.0 Å². The van der Waals surface area contributed by atoms with E-state index in [0.29, 0.717) is 37.5 Å². The third kappa shape index (κ3) is 4.13. The van der Waals surface area contributed by atoms with Crippen molar-refractivity contribution in [3.63, 3.8) is 0 Å². The Hall–Kier alpha value is -2.58. The maximum atomic E-state index is 13.0. The van der Waals surface area contributed by atoms with Crippen LogP contribution in [0.15, 0.2) is 30.5 Å². The SMILES string of the molecule is COc1ccc([C@@H]2[C@@H](CO)OCCN2C(=O)CCc2ccnn2C)cc1OC. The van der Waals surface area contributed by atoms with Crippen LogP contribution in [0, 0.1) is 0 Å². The van der Waals surface area contributed by atoms with E-state index in [1.165, 1.54) is 0 Å². The minimum atomic E-state index is -0.493. The Bertz CT molecular complexity index is 807. The fraction of sp³-hybridized carbons (Fsp3) is 0.500. The van der Waals surface area contributed by atoms with E-state index in [1.807, 2.05) is 25.2 Å². The molecule has 1 N–H and O–H groups in total. The van der Waals surface area contributed by atoms with Crippen molar-refractivity contribution in [2.24, 2.45) is 7.05 Å². The number of aliphatic hydroxyl groups excluding tert-OH is 1. The second-order valence-electron chi connectivity index (χ2n) is 6.68. The first kappa shape index (κ1) is 20.2. The van der Waals surface area contributed by atoms with Crippen LogP contribution >= 0.6 is 0 Å². The summed E-state index contributed by atoms with van der Waals surface area (Å²) in [7, 11) is 5.01. The van der Waals surface area contributed by atoms with Crippen LogP contribution in [-0.2, 0) is 23.0 Å². The van der Waals surface area contributed by atoms with Crippen LogP contribution in [0.25, 0.3) is 0 Å². The number of hydrogen-bond donors (Lipinski definition) is 1. The number of rotatable bonds is 7. The number of ether oxygens (including phenoxy) is 3. The van der Waals surface area contributed by atoms with Crippen LogP contribution in [0.4, 0.5) is 0 Å². The highest BCUT2D eigenvalue weighted by Crippen LogP contribution is 2.36. The maximum Gasteiger partial charge on any atom is 0.223 e. The van der Waals surface area contributed by atoms with Gasteiger partial charge in [0.05, 0.1) is 33.5 Å². The zero-order chi connectivity index (χ0) is 20.1. The van der Waals surface area contributed by atoms with Gasteiger partial charge in [-0.2, -0.15) is 5.10 Å². The van der Waals surface area contributed by atoms with Gasteiger partial charge in [-0.15, -0.1) is 0 Å². The molecule has 0 bridgehead atoms. The van der Waals surface area contributed by atoms with Crippen LogP contribution in [0.1, 0.15) is 23.7 Å². The van der Waals surface area contributed by atoms with E-state index in [0.717, 1.165) is 11.3 Å². The highest BCUT2D eigenvalue weighted by atomic mass is 16.5. The summed E-state index contributed by atoms with van der Waals surface area (Å²) in [5.41, 5.74) is 1.84. The zero-order valence-electron chi connectivity index (χ0n) is 16.5. The molecule has 1 aromatic heterocycles. The summed E-state index contributed by atoms with van der Waals surface area (Å²) < 4.78 is 18.2. The molecule has 0 spiro atoms. The lowest BCUT2D eigenvalue weighted by Crippen LogP contribution is -2.49. The molecule has 1 amide bonds. The Balaban J connectivity index is 1.84. The summed E-state index contributed by atoms with van der Waals surface area (Å²) >= 11 is 0. The lowest BCUT2D eigenvalue weighted by atomic mass is 9.97. The predicted molar refractivity (Wildman–Crippen MR) is 102 cm³/mol. The molecule has 28 heavy (non-hydrogen) atoms. The monoisotopic (exact) mass is 389 g/mol. The Kier molecular flexibility index (Phi) is 6.53. The van der Waals surface area contributed by atoms with Crippen molar-refractivity contribution in [2.75, 3.05) is 34.0 Å². The Morgan fingerprint density at radius 2 is 2.07 bits per heavy atom. The molecular formula is C20H27N3O5. The molecular weight excluding hydrogens is 362 g/mol. The Labute approximate surface area is 164 Å². The van der Waals surface area contributed by atoms with Crippen molar-refractivity contribution in [1.29, 1.82) is 0 Å². The first-order chi connectivity index (χ1) is 13.6. The van der Waals surface area contributed by atoms with E-state index < -0.39 is 12.1 Å². The number of aryl methyl sites for hydroxylation is 2. The van der Waals surface area contributed by atoms with Crippen LogP contribution in [0.2, 0.25) is 0 Å². The largest absolute Gasteiger partial charge is 0.493 e. The van der Waals surface area contributed by atoms with E-state index in [1.54, 1.807) is 36.1 Å². The molecule has 2 atom stereocenters. The molecule has 0 saturated carbocycles. The number of amides is 1. The summed E-state index contributed by atoms with van der Waals surface area (Å²) in [6.45, 7) is 0.691. The number of aromatic nitrogens is 2. The molecule has 3 rings (SSSR count). The van der Waals surface area contributed by atoms with Crippen molar-refractivity contribution < 1.29 is 24.1 Å². The number of nitrogens with zero attached hydrogens (tertiary/aromatic N) is 3. The zero-order valence-corrected chi connectivity index (χ0v) is 16.5. The molecule has 0 unspecified atom stereocenters. The minimum absolute atomic E-state index is 0.0164. The number of carbonyl (C=O) groups is 1. The third-order valence-electron chi connectivity index (χ3n) is 5.12. The van der Waals surface area contributed by atoms with Gasteiger partial charge in [-0.1, -0.05) is 6.07 Å². The van der Waals surface area contributed by atoms with E-state index >= 15 is 0 Å². The maximum absolute atomic E-state index is 13.0. The van der Waals surface area contributed by atoms with Gasteiger partial charge in [-0.3, -0.25) is 9.48 Å². The molecule has 8 heteroatoms. The average Bonchev–Trinajstić information content (AvgIpc) is 3.15. The number of aliphatic hydroxyl groups is 1. The predicted octanol–water partition coefficient (Wildman–Crippen LogP) is 1.33. The molecule has 0 radical (unpaired) electrons. The van der Waals surface area contributed by atoms with Crippen LogP contribution < -0.4 is 9.47 Å². The smallest absolute Gasteiger partial charge is 0.223 e. The van der Waals surface area contributed by atoms with Gasteiger partial charge in [0, 0.05) is 31.9 Å². The van der Waals surface area contributed by atoms with Gasteiger partial charge in [0.1, 0.15) is 6.10 Å². The van der Waals surface area contributed by atoms with E-state index in [9.17, 15) is 9.90 Å². The lowest BCUT2D eigenvalue weighted by Gasteiger charge is -2.41. The van der Waals surface area contributed by atoms with Crippen LogP contribution in [0.3, 0.4) is 0 Å². The molecule has 1 fully saturated rings. The quantitative estimate of drug-likeness (QED) is 0.769. The van der Waals surface area contributed by atoms with E-state index in [-0.39, 0.29) is 12.5 Å². The average molecular weight is 389 g/mol. The number of methoxy groups -OCH3 is 2. The minimum Gasteiger partial charge on any atom is -0.493 e. The van der Waals surface area contributed by atoms with Crippen molar-refractivity contribution in [1.82, 2.24) is 14.7 Å². The highest BCUT2D eigenvalue weighted by molar-refractivity contribution is 5.77. The van der Waals surface area contributed by atoms with Crippen molar-refractivity contribution in [3.8, 4) is 11.5 Å². The fourth-order valence-electron chi connectivity index (χ4n) is 3.62. The van der Waals surface area contributed by atoms with Gasteiger partial charge in [0.2, 0.25) is 5.91 Å². The Morgan fingerprint density at radius 1 is 1.29 bits per heavy atom. The van der Waals surface area contributed by atoms with Gasteiger partial charge in [-0.25, -0.2) is 0 Å². The summed E-state index contributed by atoms with van der Waals surface area (Å²) in [6.07, 6.45) is 2.20. The summed E-state index contributed by atoms with van der Waals surface area (Å²) in [4.78, 5) is 14.8. The molecule has 8 nitrogen and oxygen atoms in total. The van der Waals surface area contributed by atoms with Crippen molar-refractivity contribution in [3.05, 3.63) is 41.7 Å². The summed E-state index contributed by atoms with van der Waals surface area (Å²) in [5, 5.41) is 14.0. The molecule has 1 aliphatic rings. The second-order valence-corrected chi connectivity index (χ2v) is 6.68. The molecule has 1 aromatic carbocycles. The molecule has 152 valence electrons. The summed E-state index contributed by atoms with van der Waals surface area (Å²) in [6, 6.07) is 7.04. The number of hydrogen-bond acceptors (Lipinski definition) is 6. The van der Waals surface area contributed by atoms with E-state index in [2.05, 4.69) is 5.10 Å². The first-order valence-corrected chi connectivity index (χ1v) is 9.29. The fourth-order valence-corrected chi connectivity index (χ4v) is 3.62. The van der Waals surface area contributed by atoms with Crippen LogP contribution in [-0.4, -0.2) is 65.8 Å². The van der Waals surface area contributed by atoms with Crippen molar-refractivity contribution >= 4 is 5.91 Å². The van der Waals surface area contributed by atoms with Crippen molar-refractivity contribution in [2.45, 2.75) is 25.0 Å². The second kappa shape index (κ2) is 9.07. The molecule has 1 saturated heterocycles. The molecule has 0 aliphatic carbocycles. The number of benzene rings is 1. The highest BCUT2D eigenvalue weighted by Gasteiger charge is 2.36. The summed E-state index contributed by atoms with van der Waals surface area (Å²) in [5.74, 6) is 1.20. The normalized spacial score (nSPS) is 19.5. The van der Waals surface area contributed by atoms with E-state index in [4.69, 9.17) is 14.2 Å².